The normalized spacial score (nSPS) is 15.5. The van der Waals surface area contributed by atoms with E-state index < -0.39 is 0 Å². The Hall–Kier alpha value is -1.66. The van der Waals surface area contributed by atoms with Gasteiger partial charge in [0, 0.05) is 31.7 Å². The van der Waals surface area contributed by atoms with Gasteiger partial charge in [0.2, 0.25) is 5.75 Å². The Bertz CT molecular complexity index is 503. The number of likely N-dealkylation sites (N-methyl/N-ethyl adjacent to an activating group) is 1. The third-order valence-corrected chi connectivity index (χ3v) is 3.57. The number of piperazine rings is 1. The monoisotopic (exact) mass is 328 g/mol. The van der Waals surface area contributed by atoms with Gasteiger partial charge in [-0.3, -0.25) is 5.01 Å². The summed E-state index contributed by atoms with van der Waals surface area (Å²) >= 11 is 0. The minimum Gasteiger partial charge on any atom is -1.00 e. The number of hydrazone groups is 1. The van der Waals surface area contributed by atoms with Crippen LogP contribution in [-0.2, 0) is 0 Å². The van der Waals surface area contributed by atoms with Crippen molar-refractivity contribution in [2.45, 2.75) is 0 Å². The molecule has 0 bridgehead atoms. The molecule has 1 saturated heterocycles. The molecule has 0 aromatic heterocycles. The molecule has 6 nitrogen and oxygen atoms in total. The summed E-state index contributed by atoms with van der Waals surface area (Å²) in [6.07, 6.45) is 1.81. The zero-order valence-corrected chi connectivity index (χ0v) is 14.3. The van der Waals surface area contributed by atoms with Gasteiger partial charge in [-0.05, 0) is 19.2 Å². The highest BCUT2D eigenvalue weighted by Gasteiger charge is 2.15. The Labute approximate surface area is 138 Å². The van der Waals surface area contributed by atoms with E-state index in [4.69, 9.17) is 14.2 Å². The molecule has 0 saturated carbocycles. The molecule has 22 heavy (non-hydrogen) atoms. The molecule has 2 rings (SSSR count). The topological polar surface area (TPSA) is 46.5 Å². The molecular weight excluding hydrogens is 306 g/mol. The summed E-state index contributed by atoms with van der Waals surface area (Å²) < 4.78 is 16.1. The maximum absolute atomic E-state index is 5.44. The van der Waals surface area contributed by atoms with Crippen molar-refractivity contribution < 1.29 is 26.6 Å². The molecule has 0 atom stereocenters. The first-order valence-electron chi connectivity index (χ1n) is 6.96. The van der Waals surface area contributed by atoms with Crippen molar-refractivity contribution in [2.75, 3.05) is 54.6 Å². The zero-order valence-electron chi connectivity index (χ0n) is 13.5. The standard InChI is InChI=1S/C15H23N3O3.ClH/c1-17-7-9-18(10-8-17)16-11-12-5-6-13(19-2)15(21-4)14(12)20-3;/h5-6,11H,7-10H2,1-4H3;1H/p-1. The molecular formula is C15H23ClN3O3-. The average molecular weight is 329 g/mol. The second-order valence-electron chi connectivity index (χ2n) is 4.93. The van der Waals surface area contributed by atoms with E-state index in [1.54, 1.807) is 21.3 Å². The first-order chi connectivity index (χ1) is 10.2. The van der Waals surface area contributed by atoms with E-state index in [-0.39, 0.29) is 12.4 Å². The van der Waals surface area contributed by atoms with Gasteiger partial charge in [-0.1, -0.05) is 0 Å². The van der Waals surface area contributed by atoms with Crippen LogP contribution in [0.2, 0.25) is 0 Å². The SMILES string of the molecule is COc1ccc(C=NN2CCN(C)CC2)c(OC)c1OC.[Cl-]. The molecule has 1 heterocycles. The number of nitrogens with zero attached hydrogens (tertiary/aromatic N) is 3. The highest BCUT2D eigenvalue weighted by atomic mass is 35.5. The van der Waals surface area contributed by atoms with Crippen molar-refractivity contribution in [3.8, 4) is 17.2 Å². The maximum Gasteiger partial charge on any atom is 0.203 e. The first-order valence-corrected chi connectivity index (χ1v) is 6.96. The van der Waals surface area contributed by atoms with Crippen LogP contribution in [0.5, 0.6) is 17.2 Å². The summed E-state index contributed by atoms with van der Waals surface area (Å²) in [6.45, 7) is 3.92. The molecule has 0 amide bonds. The fourth-order valence-electron chi connectivity index (χ4n) is 2.28. The highest BCUT2D eigenvalue weighted by Crippen LogP contribution is 2.38. The molecule has 1 aliphatic heterocycles. The van der Waals surface area contributed by atoms with Crippen LogP contribution < -0.4 is 26.6 Å². The second kappa shape index (κ2) is 8.70. The second-order valence-corrected chi connectivity index (χ2v) is 4.93. The summed E-state index contributed by atoms with van der Waals surface area (Å²) in [5.74, 6) is 1.86. The molecule has 124 valence electrons. The lowest BCUT2D eigenvalue weighted by atomic mass is 10.2. The zero-order chi connectivity index (χ0) is 15.2. The molecule has 0 spiro atoms. The van der Waals surface area contributed by atoms with Crippen molar-refractivity contribution in [3.05, 3.63) is 17.7 Å². The van der Waals surface area contributed by atoms with Gasteiger partial charge >= 0.3 is 0 Å². The van der Waals surface area contributed by atoms with Gasteiger partial charge in [0.15, 0.2) is 11.5 Å². The quantitative estimate of drug-likeness (QED) is 0.603. The lowest BCUT2D eigenvalue weighted by molar-refractivity contribution is -0.00000516. The van der Waals surface area contributed by atoms with Gasteiger partial charge in [-0.15, -0.1) is 0 Å². The van der Waals surface area contributed by atoms with Crippen LogP contribution in [0.25, 0.3) is 0 Å². The van der Waals surface area contributed by atoms with Gasteiger partial charge < -0.3 is 31.5 Å². The molecule has 1 aromatic rings. The van der Waals surface area contributed by atoms with E-state index in [9.17, 15) is 0 Å². The van der Waals surface area contributed by atoms with Crippen LogP contribution in [0, 0.1) is 0 Å². The third kappa shape index (κ3) is 4.18. The number of methoxy groups -OCH3 is 3. The minimum absolute atomic E-state index is 0. The van der Waals surface area contributed by atoms with Gasteiger partial charge in [0.05, 0.1) is 27.5 Å². The average Bonchev–Trinajstić information content (AvgIpc) is 2.53. The van der Waals surface area contributed by atoms with Crippen molar-refractivity contribution >= 4 is 6.21 Å². The summed E-state index contributed by atoms with van der Waals surface area (Å²) in [4.78, 5) is 2.29. The Morgan fingerprint density at radius 3 is 2.14 bits per heavy atom. The highest BCUT2D eigenvalue weighted by molar-refractivity contribution is 5.86. The van der Waals surface area contributed by atoms with Crippen LogP contribution in [-0.4, -0.2) is 70.7 Å². The minimum atomic E-state index is 0. The van der Waals surface area contributed by atoms with E-state index in [0.717, 1.165) is 31.7 Å². The van der Waals surface area contributed by atoms with Crippen LogP contribution in [0.4, 0.5) is 0 Å². The summed E-state index contributed by atoms with van der Waals surface area (Å²) in [5.41, 5.74) is 0.870. The molecule has 1 fully saturated rings. The number of benzene rings is 1. The lowest BCUT2D eigenvalue weighted by Crippen LogP contribution is -3.00. The van der Waals surface area contributed by atoms with Crippen LogP contribution in [0.15, 0.2) is 17.2 Å². The fourth-order valence-corrected chi connectivity index (χ4v) is 2.28. The van der Waals surface area contributed by atoms with Crippen molar-refractivity contribution in [3.63, 3.8) is 0 Å². The Balaban J connectivity index is 0.00000242. The van der Waals surface area contributed by atoms with Crippen LogP contribution in [0.1, 0.15) is 5.56 Å². The molecule has 1 aliphatic rings. The summed E-state index contributed by atoms with van der Waals surface area (Å²) in [7, 11) is 6.94. The first kappa shape index (κ1) is 18.4. The van der Waals surface area contributed by atoms with Gasteiger partial charge in [0.25, 0.3) is 0 Å². The molecule has 7 heteroatoms. The molecule has 0 aliphatic carbocycles. The van der Waals surface area contributed by atoms with E-state index in [0.29, 0.717) is 17.2 Å². The molecule has 0 radical (unpaired) electrons. The Morgan fingerprint density at radius 1 is 0.955 bits per heavy atom. The van der Waals surface area contributed by atoms with Crippen LogP contribution in [0.3, 0.4) is 0 Å². The summed E-state index contributed by atoms with van der Waals surface area (Å²) in [5, 5.41) is 6.60. The number of rotatable bonds is 5. The fraction of sp³-hybridized carbons (Fsp3) is 0.533. The van der Waals surface area contributed by atoms with Gasteiger partial charge in [-0.25, -0.2) is 0 Å². The maximum atomic E-state index is 5.44. The molecule has 1 aromatic carbocycles. The smallest absolute Gasteiger partial charge is 0.203 e. The van der Waals surface area contributed by atoms with Crippen molar-refractivity contribution in [1.82, 2.24) is 9.91 Å². The van der Waals surface area contributed by atoms with E-state index in [1.807, 2.05) is 18.3 Å². The molecule has 0 N–H and O–H groups in total. The molecule has 0 unspecified atom stereocenters. The van der Waals surface area contributed by atoms with E-state index in [2.05, 4.69) is 22.1 Å². The predicted octanol–water partition coefficient (Wildman–Crippen LogP) is -1.70. The van der Waals surface area contributed by atoms with Crippen molar-refractivity contribution in [2.24, 2.45) is 5.10 Å². The van der Waals surface area contributed by atoms with Gasteiger partial charge in [0.1, 0.15) is 0 Å². The Kier molecular flexibility index (Phi) is 7.27. The van der Waals surface area contributed by atoms with Gasteiger partial charge in [-0.2, -0.15) is 5.10 Å². The van der Waals surface area contributed by atoms with Crippen molar-refractivity contribution in [1.29, 1.82) is 0 Å². The number of hydrogen-bond acceptors (Lipinski definition) is 6. The number of hydrogen-bond donors (Lipinski definition) is 0. The predicted molar refractivity (Wildman–Crippen MR) is 82.8 cm³/mol. The third-order valence-electron chi connectivity index (χ3n) is 3.57. The van der Waals surface area contributed by atoms with E-state index in [1.165, 1.54) is 0 Å². The number of ether oxygens (including phenoxy) is 3. The Morgan fingerprint density at radius 2 is 1.59 bits per heavy atom. The lowest BCUT2D eigenvalue weighted by Gasteiger charge is -2.30. The van der Waals surface area contributed by atoms with Crippen LogP contribution >= 0.6 is 0 Å². The largest absolute Gasteiger partial charge is 1.00 e. The summed E-state index contributed by atoms with van der Waals surface area (Å²) in [6, 6.07) is 3.77. The van der Waals surface area contributed by atoms with E-state index >= 15 is 0 Å². The number of halogens is 1.